The fourth-order valence-electron chi connectivity index (χ4n) is 2.17. The van der Waals surface area contributed by atoms with Gasteiger partial charge in [0.25, 0.3) is 10.2 Å². The molecule has 0 aliphatic carbocycles. The summed E-state index contributed by atoms with van der Waals surface area (Å²) in [4.78, 5) is 0. The topological polar surface area (TPSA) is 40.6 Å². The minimum Gasteiger partial charge on any atom is -0.195 e. The van der Waals surface area contributed by atoms with Crippen LogP contribution in [-0.4, -0.2) is 40.7 Å². The van der Waals surface area contributed by atoms with E-state index in [-0.39, 0.29) is 0 Å². The first-order chi connectivity index (χ1) is 7.52. The maximum Gasteiger partial charge on any atom is 0.283 e. The van der Waals surface area contributed by atoms with Gasteiger partial charge in [-0.3, -0.25) is 0 Å². The fraction of sp³-hybridized carbons (Fsp3) is 1.00. The molecule has 5 heteroatoms. The first-order valence-corrected chi connectivity index (χ1v) is 7.71. The van der Waals surface area contributed by atoms with E-state index in [0.29, 0.717) is 0 Å². The molecule has 0 radical (unpaired) electrons. The molecule has 0 atom stereocenters. The van der Waals surface area contributed by atoms with Crippen LogP contribution in [0.1, 0.15) is 62.3 Å². The zero-order valence-corrected chi connectivity index (χ0v) is 14.4. The van der Waals surface area contributed by atoms with Crippen molar-refractivity contribution in [2.24, 2.45) is 0 Å². The minimum absolute atomic E-state index is 0.437. The van der Waals surface area contributed by atoms with Gasteiger partial charge in [-0.25, -0.2) is 0 Å². The third-order valence-electron chi connectivity index (χ3n) is 2.74. The highest BCUT2D eigenvalue weighted by Crippen LogP contribution is 2.32. The second-order valence-electron chi connectivity index (χ2n) is 7.75. The molecule has 110 valence electrons. The molecule has 0 amide bonds. The van der Waals surface area contributed by atoms with E-state index in [2.05, 4.69) is 0 Å². The van der Waals surface area contributed by atoms with Crippen LogP contribution >= 0.6 is 0 Å². The summed E-state index contributed by atoms with van der Waals surface area (Å²) >= 11 is 0. The Morgan fingerprint density at radius 2 is 0.944 bits per heavy atom. The summed E-state index contributed by atoms with van der Waals surface area (Å²) in [6, 6.07) is 0. The Morgan fingerprint density at radius 1 is 0.667 bits per heavy atom. The Labute approximate surface area is 114 Å². The van der Waals surface area contributed by atoms with Gasteiger partial charge in [0.05, 0.1) is 0 Å². The lowest BCUT2D eigenvalue weighted by Crippen LogP contribution is -2.61. The average Bonchev–Trinajstić information content (AvgIpc) is 1.93. The fourth-order valence-corrected chi connectivity index (χ4v) is 4.49. The number of hydrogen-bond donors (Lipinski definition) is 0. The molecule has 0 spiro atoms. The van der Waals surface area contributed by atoms with E-state index in [1.54, 1.807) is 11.4 Å². The summed E-state index contributed by atoms with van der Waals surface area (Å²) in [5.41, 5.74) is -1.36. The van der Waals surface area contributed by atoms with E-state index in [1.807, 2.05) is 62.3 Å². The van der Waals surface area contributed by atoms with Crippen LogP contribution in [0.5, 0.6) is 0 Å². The first kappa shape index (κ1) is 17.9. The van der Waals surface area contributed by atoms with E-state index < -0.39 is 26.8 Å². The predicted octanol–water partition coefficient (Wildman–Crippen LogP) is 2.86. The van der Waals surface area contributed by atoms with Crippen molar-refractivity contribution in [1.82, 2.24) is 8.61 Å². The number of rotatable bonds is 2. The van der Waals surface area contributed by atoms with Gasteiger partial charge < -0.3 is 0 Å². The van der Waals surface area contributed by atoms with E-state index in [0.717, 1.165) is 0 Å². The molecule has 0 rings (SSSR count). The van der Waals surface area contributed by atoms with Crippen molar-refractivity contribution in [3.63, 3.8) is 0 Å². The van der Waals surface area contributed by atoms with Crippen LogP contribution in [0.15, 0.2) is 0 Å². The molecule has 18 heavy (non-hydrogen) atoms. The van der Waals surface area contributed by atoms with Crippen LogP contribution in [0.4, 0.5) is 0 Å². The number of hydrogen-bond acceptors (Lipinski definition) is 2. The zero-order valence-electron chi connectivity index (χ0n) is 13.6. The summed E-state index contributed by atoms with van der Waals surface area (Å²) in [6.07, 6.45) is 0. The smallest absolute Gasteiger partial charge is 0.195 e. The Balaban J connectivity index is 5.82. The Kier molecular flexibility index (Phi) is 4.73. The van der Waals surface area contributed by atoms with Crippen LogP contribution in [0.3, 0.4) is 0 Å². The molecule has 0 aliphatic rings. The molecule has 0 unspecified atom stereocenters. The maximum absolute atomic E-state index is 12.8. The summed E-state index contributed by atoms with van der Waals surface area (Å²) in [5.74, 6) is 0. The highest BCUT2D eigenvalue weighted by Gasteiger charge is 2.45. The highest BCUT2D eigenvalue weighted by atomic mass is 32.2. The zero-order chi connectivity index (χ0) is 15.2. The van der Waals surface area contributed by atoms with Gasteiger partial charge in [0, 0.05) is 23.7 Å². The largest absolute Gasteiger partial charge is 0.283 e. The number of nitrogens with zero attached hydrogens (tertiary/aromatic N) is 2. The molecule has 0 aliphatic heterocycles. The standard InChI is InChI=1S/C13H30N2O2S/c1-11(2,3)14(10)18(16,17)15(12(4,5)6)13(7,8)9/h1-10H3. The van der Waals surface area contributed by atoms with Gasteiger partial charge in [-0.1, -0.05) is 0 Å². The van der Waals surface area contributed by atoms with Gasteiger partial charge in [-0.15, -0.1) is 0 Å². The van der Waals surface area contributed by atoms with Gasteiger partial charge in [0.2, 0.25) is 0 Å². The highest BCUT2D eigenvalue weighted by molar-refractivity contribution is 7.86. The molecule has 0 aromatic heterocycles. The monoisotopic (exact) mass is 278 g/mol. The van der Waals surface area contributed by atoms with Crippen molar-refractivity contribution in [2.75, 3.05) is 7.05 Å². The van der Waals surface area contributed by atoms with Crippen LogP contribution in [0, 0.1) is 0 Å². The van der Waals surface area contributed by atoms with Crippen LogP contribution in [-0.2, 0) is 10.2 Å². The summed E-state index contributed by atoms with van der Waals surface area (Å²) in [7, 11) is -1.87. The third-order valence-corrected chi connectivity index (χ3v) is 5.54. The van der Waals surface area contributed by atoms with Crippen LogP contribution < -0.4 is 0 Å². The van der Waals surface area contributed by atoms with Crippen LogP contribution in [0.2, 0.25) is 0 Å². The maximum atomic E-state index is 12.8. The van der Waals surface area contributed by atoms with E-state index in [1.165, 1.54) is 4.31 Å². The van der Waals surface area contributed by atoms with Crippen molar-refractivity contribution in [3.8, 4) is 0 Å². The van der Waals surface area contributed by atoms with Crippen molar-refractivity contribution in [3.05, 3.63) is 0 Å². The van der Waals surface area contributed by atoms with Gasteiger partial charge in [0.15, 0.2) is 0 Å². The first-order valence-electron chi connectivity index (χ1n) is 6.32. The molecular formula is C13H30N2O2S. The molecule has 0 N–H and O–H groups in total. The third kappa shape index (κ3) is 3.93. The lowest BCUT2D eigenvalue weighted by atomic mass is 10.0. The predicted molar refractivity (Wildman–Crippen MR) is 77.8 cm³/mol. The molecular weight excluding hydrogens is 248 g/mol. The lowest BCUT2D eigenvalue weighted by molar-refractivity contribution is 0.120. The SMILES string of the molecule is CN(C(C)(C)C)S(=O)(=O)N(C(C)(C)C)C(C)(C)C. The van der Waals surface area contributed by atoms with Crippen molar-refractivity contribution >= 4 is 10.2 Å². The molecule has 0 aromatic carbocycles. The lowest BCUT2D eigenvalue weighted by Gasteiger charge is -2.47. The second-order valence-corrected chi connectivity index (χ2v) is 9.56. The van der Waals surface area contributed by atoms with Crippen LogP contribution in [0.25, 0.3) is 0 Å². The van der Waals surface area contributed by atoms with Gasteiger partial charge >= 0.3 is 0 Å². The Morgan fingerprint density at radius 3 is 1.11 bits per heavy atom. The van der Waals surface area contributed by atoms with Gasteiger partial charge in [-0.2, -0.15) is 17.0 Å². The molecule has 0 fully saturated rings. The van der Waals surface area contributed by atoms with Crippen molar-refractivity contribution in [1.29, 1.82) is 0 Å². The normalized spacial score (nSPS) is 15.6. The molecule has 0 saturated heterocycles. The minimum atomic E-state index is -3.51. The van der Waals surface area contributed by atoms with Crippen molar-refractivity contribution < 1.29 is 8.42 Å². The molecule has 0 saturated carbocycles. The molecule has 0 heterocycles. The summed E-state index contributed by atoms with van der Waals surface area (Å²) in [6.45, 7) is 17.2. The molecule has 0 aromatic rings. The average molecular weight is 278 g/mol. The van der Waals surface area contributed by atoms with Gasteiger partial charge in [0.1, 0.15) is 0 Å². The van der Waals surface area contributed by atoms with E-state index >= 15 is 0 Å². The molecule has 4 nitrogen and oxygen atoms in total. The molecule has 0 bridgehead atoms. The second kappa shape index (κ2) is 4.76. The Hall–Kier alpha value is -0.130. The van der Waals surface area contributed by atoms with Crippen molar-refractivity contribution in [2.45, 2.75) is 78.9 Å². The quantitative estimate of drug-likeness (QED) is 0.779. The Bertz CT molecular complexity index is 367. The van der Waals surface area contributed by atoms with Gasteiger partial charge in [-0.05, 0) is 62.3 Å². The summed E-state index contributed by atoms with van der Waals surface area (Å²) in [5, 5.41) is 0. The summed E-state index contributed by atoms with van der Waals surface area (Å²) < 4.78 is 28.7. The van der Waals surface area contributed by atoms with E-state index in [4.69, 9.17) is 0 Å². The van der Waals surface area contributed by atoms with E-state index in [9.17, 15) is 8.42 Å².